The number of halogens is 1. The first-order valence-corrected chi connectivity index (χ1v) is 8.64. The van der Waals surface area contributed by atoms with Gasteiger partial charge in [0.05, 0.1) is 0 Å². The Morgan fingerprint density at radius 2 is 2.05 bits per heavy atom. The number of nitrogens with zero attached hydrogens (tertiary/aromatic N) is 1. The Hall–Kier alpha value is -0.540. The van der Waals surface area contributed by atoms with Crippen molar-refractivity contribution in [1.29, 1.82) is 0 Å². The van der Waals surface area contributed by atoms with Crippen LogP contribution in [0.25, 0.3) is 0 Å². The third-order valence-electron chi connectivity index (χ3n) is 4.49. The van der Waals surface area contributed by atoms with Crippen molar-refractivity contribution in [1.82, 2.24) is 0 Å². The minimum Gasteiger partial charge on any atom is -0.374 e. The van der Waals surface area contributed by atoms with Crippen LogP contribution in [0.2, 0.25) is 0 Å². The lowest BCUT2D eigenvalue weighted by molar-refractivity contribution is 0.547. The molecule has 1 atom stereocenters. The van der Waals surface area contributed by atoms with Crippen molar-refractivity contribution in [2.24, 2.45) is 11.7 Å². The number of anilines is 1. The van der Waals surface area contributed by atoms with Crippen LogP contribution in [-0.2, 0) is 6.42 Å². The molecule has 0 spiro atoms. The number of hydrogen-bond acceptors (Lipinski definition) is 2. The van der Waals surface area contributed by atoms with Crippen LogP contribution in [0.3, 0.4) is 0 Å². The molecular weight excluding hydrogens is 312 g/mol. The molecule has 1 aliphatic rings. The van der Waals surface area contributed by atoms with Crippen LogP contribution in [0.5, 0.6) is 0 Å². The third-order valence-corrected chi connectivity index (χ3v) is 5.23. The Bertz CT molecular complexity index is 427. The Morgan fingerprint density at radius 1 is 1.35 bits per heavy atom. The summed E-state index contributed by atoms with van der Waals surface area (Å²) in [6, 6.07) is 6.96. The molecule has 1 aromatic carbocycles. The van der Waals surface area contributed by atoms with Crippen LogP contribution in [0.1, 0.15) is 44.6 Å². The summed E-state index contributed by atoms with van der Waals surface area (Å²) >= 11 is 3.70. The summed E-state index contributed by atoms with van der Waals surface area (Å²) in [6.45, 7) is 3.32. The molecule has 2 rings (SSSR count). The highest BCUT2D eigenvalue weighted by atomic mass is 79.9. The monoisotopic (exact) mass is 338 g/mol. The van der Waals surface area contributed by atoms with Gasteiger partial charge >= 0.3 is 0 Å². The second-order valence-corrected chi connectivity index (χ2v) is 7.03. The summed E-state index contributed by atoms with van der Waals surface area (Å²) in [7, 11) is 2.21. The molecular formula is C17H27BrN2. The van der Waals surface area contributed by atoms with Crippen LogP contribution >= 0.6 is 15.9 Å². The van der Waals surface area contributed by atoms with Gasteiger partial charge in [-0.05, 0) is 49.3 Å². The van der Waals surface area contributed by atoms with Crippen LogP contribution < -0.4 is 10.6 Å². The van der Waals surface area contributed by atoms with Crippen molar-refractivity contribution in [3.63, 3.8) is 0 Å². The number of rotatable bonds is 6. The van der Waals surface area contributed by atoms with Crippen molar-refractivity contribution in [3.05, 3.63) is 28.2 Å². The van der Waals surface area contributed by atoms with E-state index in [2.05, 4.69) is 53.0 Å². The smallest absolute Gasteiger partial charge is 0.0375 e. The molecule has 0 amide bonds. The molecule has 0 bridgehead atoms. The average molecular weight is 339 g/mol. The Morgan fingerprint density at radius 3 is 2.65 bits per heavy atom. The highest BCUT2D eigenvalue weighted by Gasteiger charge is 2.17. The molecule has 1 fully saturated rings. The van der Waals surface area contributed by atoms with E-state index in [4.69, 9.17) is 5.73 Å². The molecule has 112 valence electrons. The second-order valence-electron chi connectivity index (χ2n) is 6.18. The van der Waals surface area contributed by atoms with Crippen LogP contribution in [0.15, 0.2) is 22.7 Å². The van der Waals surface area contributed by atoms with Gasteiger partial charge in [-0.1, -0.05) is 41.8 Å². The normalized spacial score (nSPS) is 17.4. The largest absolute Gasteiger partial charge is 0.374 e. The van der Waals surface area contributed by atoms with E-state index in [-0.39, 0.29) is 6.04 Å². The maximum Gasteiger partial charge on any atom is 0.0375 e. The van der Waals surface area contributed by atoms with Gasteiger partial charge < -0.3 is 10.6 Å². The molecule has 20 heavy (non-hydrogen) atoms. The minimum absolute atomic E-state index is 0.258. The summed E-state index contributed by atoms with van der Waals surface area (Å²) in [6.07, 6.45) is 7.59. The molecule has 1 saturated carbocycles. The van der Waals surface area contributed by atoms with E-state index in [9.17, 15) is 0 Å². The van der Waals surface area contributed by atoms with Gasteiger partial charge in [0.1, 0.15) is 0 Å². The number of nitrogens with two attached hydrogens (primary N) is 1. The number of hydrogen-bond donors (Lipinski definition) is 1. The molecule has 3 heteroatoms. The SMILES string of the molecule is CCC(N)Cc1ccc(N(C)CC2CCCC2)cc1Br. The summed E-state index contributed by atoms with van der Waals surface area (Å²) in [4.78, 5) is 2.39. The lowest BCUT2D eigenvalue weighted by atomic mass is 10.0. The van der Waals surface area contributed by atoms with E-state index in [1.807, 2.05) is 0 Å². The van der Waals surface area contributed by atoms with Crippen molar-refractivity contribution in [3.8, 4) is 0 Å². The van der Waals surface area contributed by atoms with Crippen molar-refractivity contribution in [2.45, 2.75) is 51.5 Å². The van der Waals surface area contributed by atoms with E-state index < -0.39 is 0 Å². The van der Waals surface area contributed by atoms with Gasteiger partial charge in [-0.2, -0.15) is 0 Å². The zero-order chi connectivity index (χ0) is 14.5. The molecule has 2 N–H and O–H groups in total. The molecule has 1 aliphatic carbocycles. The molecule has 0 heterocycles. The lowest BCUT2D eigenvalue weighted by Crippen LogP contribution is -2.24. The van der Waals surface area contributed by atoms with Gasteiger partial charge in [-0.15, -0.1) is 0 Å². The first kappa shape index (κ1) is 15.8. The Labute approximate surface area is 131 Å². The predicted molar refractivity (Wildman–Crippen MR) is 91.3 cm³/mol. The fourth-order valence-electron chi connectivity index (χ4n) is 3.05. The molecule has 0 aliphatic heterocycles. The van der Waals surface area contributed by atoms with Crippen molar-refractivity contribution in [2.75, 3.05) is 18.5 Å². The molecule has 1 aromatic rings. The van der Waals surface area contributed by atoms with Gasteiger partial charge in [0.2, 0.25) is 0 Å². The van der Waals surface area contributed by atoms with E-state index in [1.54, 1.807) is 0 Å². The Balaban J connectivity index is 1.99. The van der Waals surface area contributed by atoms with E-state index in [0.29, 0.717) is 0 Å². The zero-order valence-corrected chi connectivity index (χ0v) is 14.3. The maximum atomic E-state index is 6.05. The summed E-state index contributed by atoms with van der Waals surface area (Å²) in [5.74, 6) is 0.881. The minimum atomic E-state index is 0.258. The summed E-state index contributed by atoms with van der Waals surface area (Å²) in [5.41, 5.74) is 8.67. The second kappa shape index (κ2) is 7.46. The van der Waals surface area contributed by atoms with E-state index in [1.165, 1.54) is 48.0 Å². The van der Waals surface area contributed by atoms with Gasteiger partial charge in [-0.3, -0.25) is 0 Å². The summed E-state index contributed by atoms with van der Waals surface area (Å²) in [5, 5.41) is 0. The molecule has 2 nitrogen and oxygen atoms in total. The van der Waals surface area contributed by atoms with E-state index >= 15 is 0 Å². The van der Waals surface area contributed by atoms with E-state index in [0.717, 1.165) is 18.8 Å². The first-order valence-electron chi connectivity index (χ1n) is 7.85. The quantitative estimate of drug-likeness (QED) is 0.835. The lowest BCUT2D eigenvalue weighted by Gasteiger charge is -2.24. The van der Waals surface area contributed by atoms with Crippen LogP contribution in [-0.4, -0.2) is 19.6 Å². The van der Waals surface area contributed by atoms with Gasteiger partial charge in [0, 0.05) is 29.8 Å². The standard InChI is InChI=1S/C17H27BrN2/c1-3-15(19)10-14-8-9-16(11-17(14)18)20(2)12-13-6-4-5-7-13/h8-9,11,13,15H,3-7,10,12,19H2,1-2H3. The Kier molecular flexibility index (Phi) is 5.91. The number of benzene rings is 1. The maximum absolute atomic E-state index is 6.05. The van der Waals surface area contributed by atoms with Crippen molar-refractivity contribution >= 4 is 21.6 Å². The van der Waals surface area contributed by atoms with Gasteiger partial charge in [0.25, 0.3) is 0 Å². The van der Waals surface area contributed by atoms with Gasteiger partial charge in [0.15, 0.2) is 0 Å². The molecule has 0 radical (unpaired) electrons. The third kappa shape index (κ3) is 4.23. The van der Waals surface area contributed by atoms with Crippen LogP contribution in [0, 0.1) is 5.92 Å². The summed E-state index contributed by atoms with van der Waals surface area (Å²) < 4.78 is 1.19. The predicted octanol–water partition coefficient (Wildman–Crippen LogP) is 4.36. The molecule has 0 aromatic heterocycles. The van der Waals surface area contributed by atoms with Crippen molar-refractivity contribution < 1.29 is 0 Å². The fourth-order valence-corrected chi connectivity index (χ4v) is 3.58. The molecule has 1 unspecified atom stereocenters. The highest BCUT2D eigenvalue weighted by molar-refractivity contribution is 9.10. The van der Waals surface area contributed by atoms with Gasteiger partial charge in [-0.25, -0.2) is 0 Å². The zero-order valence-electron chi connectivity index (χ0n) is 12.7. The topological polar surface area (TPSA) is 29.3 Å². The first-order chi connectivity index (χ1) is 9.60. The highest BCUT2D eigenvalue weighted by Crippen LogP contribution is 2.29. The molecule has 0 saturated heterocycles. The average Bonchev–Trinajstić information content (AvgIpc) is 2.93. The fraction of sp³-hybridized carbons (Fsp3) is 0.647. The van der Waals surface area contributed by atoms with Crippen LogP contribution in [0.4, 0.5) is 5.69 Å².